The molecule has 96 valence electrons. The molecule has 0 atom stereocenters. The number of benzene rings is 1. The Morgan fingerprint density at radius 1 is 1.33 bits per heavy atom. The average Bonchev–Trinajstić information content (AvgIpc) is 2.88. The van der Waals surface area contributed by atoms with Gasteiger partial charge in [0.05, 0.1) is 25.1 Å². The second-order valence-electron chi connectivity index (χ2n) is 3.76. The smallest absolute Gasteiger partial charge is 0.142 e. The first-order valence-electron chi connectivity index (χ1n) is 5.69. The van der Waals surface area contributed by atoms with Crippen molar-refractivity contribution in [2.75, 3.05) is 24.3 Å². The minimum absolute atomic E-state index is 0.0258. The molecular weight excluding hydrogens is 232 g/mol. The van der Waals surface area contributed by atoms with Crippen molar-refractivity contribution in [3.05, 3.63) is 42.4 Å². The molecule has 1 aromatic heterocycles. The summed E-state index contributed by atoms with van der Waals surface area (Å²) >= 11 is 0. The number of aliphatic hydroxyl groups excluding tert-OH is 1. The van der Waals surface area contributed by atoms with Gasteiger partial charge in [0.15, 0.2) is 0 Å². The molecule has 0 amide bonds. The predicted octanol–water partition coefficient (Wildman–Crippen LogP) is 1.84. The number of aliphatic hydroxyl groups is 1. The molecule has 0 saturated heterocycles. The lowest BCUT2D eigenvalue weighted by Gasteiger charge is -2.12. The van der Waals surface area contributed by atoms with Crippen LogP contribution >= 0.6 is 0 Å². The third-order valence-electron chi connectivity index (χ3n) is 2.39. The largest absolute Gasteiger partial charge is 0.489 e. The van der Waals surface area contributed by atoms with Crippen LogP contribution in [0.3, 0.4) is 0 Å². The zero-order chi connectivity index (χ0) is 12.8. The van der Waals surface area contributed by atoms with Gasteiger partial charge in [0.2, 0.25) is 0 Å². The van der Waals surface area contributed by atoms with Crippen LogP contribution in [0.25, 0.3) is 0 Å². The standard InChI is InChI=1S/C13H16N2O3/c14-10-3-4-13(18-7-5-16)12(8-10)15-9-11-2-1-6-17-11/h1-4,6,8,15-16H,5,7,9,14H2. The van der Waals surface area contributed by atoms with Crippen LogP contribution in [0.15, 0.2) is 41.0 Å². The molecule has 0 unspecified atom stereocenters. The Hall–Kier alpha value is -2.14. The van der Waals surface area contributed by atoms with E-state index in [1.54, 1.807) is 24.5 Å². The Morgan fingerprint density at radius 3 is 2.94 bits per heavy atom. The second kappa shape index (κ2) is 5.97. The summed E-state index contributed by atoms with van der Waals surface area (Å²) < 4.78 is 10.6. The van der Waals surface area contributed by atoms with Crippen molar-refractivity contribution >= 4 is 11.4 Å². The van der Waals surface area contributed by atoms with E-state index in [4.69, 9.17) is 20.0 Å². The summed E-state index contributed by atoms with van der Waals surface area (Å²) in [5.41, 5.74) is 7.16. The molecule has 0 aliphatic rings. The molecule has 2 aromatic rings. The first-order valence-corrected chi connectivity index (χ1v) is 5.69. The van der Waals surface area contributed by atoms with E-state index in [0.717, 1.165) is 11.4 Å². The van der Waals surface area contributed by atoms with Gasteiger partial charge in [-0.25, -0.2) is 0 Å². The summed E-state index contributed by atoms with van der Waals surface area (Å²) in [6.45, 7) is 0.771. The van der Waals surface area contributed by atoms with Crippen LogP contribution in [-0.2, 0) is 6.54 Å². The highest BCUT2D eigenvalue weighted by Gasteiger charge is 2.05. The van der Waals surface area contributed by atoms with Crippen molar-refractivity contribution < 1.29 is 14.3 Å². The number of hydrogen-bond acceptors (Lipinski definition) is 5. The number of nitrogen functional groups attached to an aromatic ring is 1. The zero-order valence-corrected chi connectivity index (χ0v) is 9.93. The van der Waals surface area contributed by atoms with Gasteiger partial charge in [-0.05, 0) is 30.3 Å². The first kappa shape index (κ1) is 12.3. The fraction of sp³-hybridized carbons (Fsp3) is 0.231. The third-order valence-corrected chi connectivity index (χ3v) is 2.39. The number of hydrogen-bond donors (Lipinski definition) is 3. The second-order valence-corrected chi connectivity index (χ2v) is 3.76. The molecule has 4 N–H and O–H groups in total. The van der Waals surface area contributed by atoms with E-state index in [2.05, 4.69) is 5.32 Å². The number of furan rings is 1. The lowest BCUT2D eigenvalue weighted by atomic mass is 10.2. The topological polar surface area (TPSA) is 80.7 Å². The van der Waals surface area contributed by atoms with E-state index >= 15 is 0 Å². The number of ether oxygens (including phenoxy) is 1. The lowest BCUT2D eigenvalue weighted by molar-refractivity contribution is 0.202. The van der Waals surface area contributed by atoms with E-state index in [-0.39, 0.29) is 13.2 Å². The summed E-state index contributed by atoms with van der Waals surface area (Å²) in [6.07, 6.45) is 1.62. The van der Waals surface area contributed by atoms with Gasteiger partial charge < -0.3 is 25.3 Å². The van der Waals surface area contributed by atoms with Gasteiger partial charge in [-0.2, -0.15) is 0 Å². The summed E-state index contributed by atoms with van der Waals surface area (Å²) in [6, 6.07) is 9.03. The SMILES string of the molecule is Nc1ccc(OCCO)c(NCc2ccco2)c1. The molecular formula is C13H16N2O3. The highest BCUT2D eigenvalue weighted by atomic mass is 16.5. The van der Waals surface area contributed by atoms with Gasteiger partial charge in [-0.1, -0.05) is 0 Å². The fourth-order valence-electron chi connectivity index (χ4n) is 1.56. The van der Waals surface area contributed by atoms with E-state index < -0.39 is 0 Å². The van der Waals surface area contributed by atoms with Crippen molar-refractivity contribution in [2.24, 2.45) is 0 Å². The molecule has 0 fully saturated rings. The van der Waals surface area contributed by atoms with Gasteiger partial charge >= 0.3 is 0 Å². The lowest BCUT2D eigenvalue weighted by Crippen LogP contribution is -2.06. The normalized spacial score (nSPS) is 10.3. The van der Waals surface area contributed by atoms with Gasteiger partial charge in [-0.15, -0.1) is 0 Å². The Bertz CT molecular complexity index is 483. The van der Waals surface area contributed by atoms with Crippen LogP contribution in [0.2, 0.25) is 0 Å². The minimum Gasteiger partial charge on any atom is -0.489 e. The summed E-state index contributed by atoms with van der Waals surface area (Å²) in [4.78, 5) is 0. The van der Waals surface area contributed by atoms with Crippen molar-refractivity contribution in [1.82, 2.24) is 0 Å². The van der Waals surface area contributed by atoms with Crippen LogP contribution in [0.5, 0.6) is 5.75 Å². The molecule has 18 heavy (non-hydrogen) atoms. The maximum Gasteiger partial charge on any atom is 0.142 e. The van der Waals surface area contributed by atoms with Crippen LogP contribution in [0, 0.1) is 0 Å². The van der Waals surface area contributed by atoms with Gasteiger partial charge in [0.1, 0.15) is 18.1 Å². The van der Waals surface area contributed by atoms with Crippen molar-refractivity contribution in [2.45, 2.75) is 6.54 Å². The van der Waals surface area contributed by atoms with Crippen molar-refractivity contribution in [1.29, 1.82) is 0 Å². The highest BCUT2D eigenvalue weighted by molar-refractivity contribution is 5.63. The highest BCUT2D eigenvalue weighted by Crippen LogP contribution is 2.27. The van der Waals surface area contributed by atoms with Crippen molar-refractivity contribution in [3.63, 3.8) is 0 Å². The number of rotatable bonds is 6. The number of anilines is 2. The molecule has 0 saturated carbocycles. The first-order chi connectivity index (χ1) is 8.79. The Kier molecular flexibility index (Phi) is 4.09. The Balaban J connectivity index is 2.06. The van der Waals surface area contributed by atoms with E-state index in [0.29, 0.717) is 18.0 Å². The average molecular weight is 248 g/mol. The maximum absolute atomic E-state index is 8.77. The van der Waals surface area contributed by atoms with Gasteiger partial charge in [0.25, 0.3) is 0 Å². The summed E-state index contributed by atoms with van der Waals surface area (Å²) in [5, 5.41) is 12.0. The fourth-order valence-corrected chi connectivity index (χ4v) is 1.56. The quantitative estimate of drug-likeness (QED) is 0.680. The molecule has 0 aliphatic carbocycles. The summed E-state index contributed by atoms with van der Waals surface area (Å²) in [5.74, 6) is 1.48. The summed E-state index contributed by atoms with van der Waals surface area (Å²) in [7, 11) is 0. The molecule has 0 spiro atoms. The Morgan fingerprint density at radius 2 is 2.22 bits per heavy atom. The molecule has 1 aromatic carbocycles. The van der Waals surface area contributed by atoms with Crippen LogP contribution in [-0.4, -0.2) is 18.3 Å². The van der Waals surface area contributed by atoms with Crippen LogP contribution < -0.4 is 15.8 Å². The van der Waals surface area contributed by atoms with E-state index in [9.17, 15) is 0 Å². The molecule has 0 radical (unpaired) electrons. The molecule has 5 heteroatoms. The number of nitrogens with one attached hydrogen (secondary N) is 1. The maximum atomic E-state index is 8.77. The van der Waals surface area contributed by atoms with Gasteiger partial charge in [0, 0.05) is 5.69 Å². The van der Waals surface area contributed by atoms with Gasteiger partial charge in [-0.3, -0.25) is 0 Å². The molecule has 2 rings (SSSR count). The molecule has 1 heterocycles. The molecule has 5 nitrogen and oxygen atoms in total. The van der Waals surface area contributed by atoms with Crippen molar-refractivity contribution in [3.8, 4) is 5.75 Å². The third kappa shape index (κ3) is 3.18. The molecule has 0 aliphatic heterocycles. The minimum atomic E-state index is -0.0258. The monoisotopic (exact) mass is 248 g/mol. The number of nitrogens with two attached hydrogens (primary N) is 1. The predicted molar refractivity (Wildman–Crippen MR) is 69.5 cm³/mol. The van der Waals surface area contributed by atoms with Crippen LogP contribution in [0.1, 0.15) is 5.76 Å². The zero-order valence-electron chi connectivity index (χ0n) is 9.93. The molecule has 0 bridgehead atoms. The van der Waals surface area contributed by atoms with E-state index in [1.165, 1.54) is 0 Å². The Labute approximate surface area is 105 Å². The van der Waals surface area contributed by atoms with Crippen LogP contribution in [0.4, 0.5) is 11.4 Å². The van der Waals surface area contributed by atoms with E-state index in [1.807, 2.05) is 12.1 Å².